The number of carbonyl (C=O) groups is 1. The molecule has 0 aliphatic rings. The number of nitrogens with one attached hydrogen (secondary N) is 2. The molecule has 0 aliphatic heterocycles. The summed E-state index contributed by atoms with van der Waals surface area (Å²) in [6.45, 7) is 1.89. The van der Waals surface area contributed by atoms with Gasteiger partial charge >= 0.3 is 0 Å². The van der Waals surface area contributed by atoms with E-state index in [2.05, 4.69) is 10.3 Å². The Morgan fingerprint density at radius 1 is 1.41 bits per heavy atom. The molecule has 2 aromatic rings. The molecule has 0 aliphatic carbocycles. The molecule has 0 saturated heterocycles. The average molecular weight is 341 g/mol. The second-order valence-electron chi connectivity index (χ2n) is 5.01. The zero-order valence-electron chi connectivity index (χ0n) is 12.0. The van der Waals surface area contributed by atoms with Gasteiger partial charge in [0.2, 0.25) is 5.91 Å². The summed E-state index contributed by atoms with van der Waals surface area (Å²) in [4.78, 5) is 14.9. The zero-order chi connectivity index (χ0) is 16.2. The highest BCUT2D eigenvalue weighted by Gasteiger charge is 2.11. The van der Waals surface area contributed by atoms with E-state index in [0.29, 0.717) is 6.42 Å². The van der Waals surface area contributed by atoms with Gasteiger partial charge in [-0.25, -0.2) is 8.42 Å². The Hall–Kier alpha value is -1.51. The van der Waals surface area contributed by atoms with E-state index in [1.54, 1.807) is 0 Å². The van der Waals surface area contributed by atoms with Crippen LogP contribution in [0.3, 0.4) is 0 Å². The molecule has 2 rings (SSSR count). The minimum absolute atomic E-state index is 0.00433. The predicted octanol–water partition coefficient (Wildman–Crippen LogP) is 1.80. The lowest BCUT2D eigenvalue weighted by Gasteiger charge is -2.13. The van der Waals surface area contributed by atoms with Gasteiger partial charge in [-0.15, -0.1) is 0 Å². The number of rotatable bonds is 7. The molecule has 0 spiro atoms. The Morgan fingerprint density at radius 2 is 2.14 bits per heavy atom. The van der Waals surface area contributed by atoms with Gasteiger partial charge in [-0.05, 0) is 35.8 Å². The largest absolute Gasteiger partial charge is 0.739 e. The number of aromatic amines is 1. The molecule has 22 heavy (non-hydrogen) atoms. The molecule has 2 N–H and O–H groups in total. The van der Waals surface area contributed by atoms with Crippen molar-refractivity contribution in [3.05, 3.63) is 36.0 Å². The van der Waals surface area contributed by atoms with Gasteiger partial charge in [0, 0.05) is 35.3 Å². The molecule has 0 saturated carbocycles. The van der Waals surface area contributed by atoms with Crippen LogP contribution in [0.25, 0.3) is 10.9 Å². The number of hydrogen-bond donors (Lipinski definition) is 2. The highest BCUT2D eigenvalue weighted by atomic mass is 33.1. The first-order valence-corrected chi connectivity index (χ1v) is 9.71. The second-order valence-corrected chi connectivity index (χ2v) is 8.40. The Bertz CT molecular complexity index is 755. The van der Waals surface area contributed by atoms with E-state index in [1.807, 2.05) is 37.4 Å². The molecule has 1 amide bonds. The number of benzene rings is 1. The second kappa shape index (κ2) is 7.17. The van der Waals surface area contributed by atoms with Crippen molar-refractivity contribution in [3.8, 4) is 0 Å². The van der Waals surface area contributed by atoms with Crippen molar-refractivity contribution in [1.29, 1.82) is 0 Å². The van der Waals surface area contributed by atoms with Crippen molar-refractivity contribution in [3.63, 3.8) is 0 Å². The first-order chi connectivity index (χ1) is 10.3. The van der Waals surface area contributed by atoms with Crippen LogP contribution in [0, 0.1) is 0 Å². The highest BCUT2D eigenvalue weighted by Crippen LogP contribution is 2.19. The van der Waals surface area contributed by atoms with Gasteiger partial charge in [0.1, 0.15) is 9.15 Å². The van der Waals surface area contributed by atoms with Crippen molar-refractivity contribution in [2.45, 2.75) is 25.8 Å². The van der Waals surface area contributed by atoms with E-state index in [4.69, 9.17) is 0 Å². The number of H-pyrrole nitrogens is 1. The SMILES string of the molecule is CC(Cc1c[nH]c2ccccc12)NC(=O)CCSS(=O)(=O)[O-]. The third-order valence-electron chi connectivity index (χ3n) is 3.17. The maximum Gasteiger partial charge on any atom is 0.221 e. The van der Waals surface area contributed by atoms with Crippen LogP contribution in [0.1, 0.15) is 18.9 Å². The van der Waals surface area contributed by atoms with Crippen LogP contribution in [-0.4, -0.2) is 35.7 Å². The van der Waals surface area contributed by atoms with Gasteiger partial charge in [-0.1, -0.05) is 18.2 Å². The molecule has 8 heteroatoms. The topological polar surface area (TPSA) is 102 Å². The lowest BCUT2D eigenvalue weighted by atomic mass is 10.1. The maximum absolute atomic E-state index is 11.7. The fraction of sp³-hybridized carbons (Fsp3) is 0.357. The summed E-state index contributed by atoms with van der Waals surface area (Å²) in [6, 6.07) is 7.84. The Balaban J connectivity index is 1.85. The molecule has 1 aromatic heterocycles. The van der Waals surface area contributed by atoms with Crippen LogP contribution in [0.4, 0.5) is 0 Å². The Morgan fingerprint density at radius 3 is 2.86 bits per heavy atom. The number of amides is 1. The quantitative estimate of drug-likeness (QED) is 0.590. The third-order valence-corrected chi connectivity index (χ3v) is 5.19. The third kappa shape index (κ3) is 5.04. The summed E-state index contributed by atoms with van der Waals surface area (Å²) in [6.07, 6.45) is 2.60. The van der Waals surface area contributed by atoms with Gasteiger partial charge in [0.05, 0.1) is 0 Å². The minimum atomic E-state index is -4.33. The van der Waals surface area contributed by atoms with Gasteiger partial charge in [-0.2, -0.15) is 0 Å². The summed E-state index contributed by atoms with van der Waals surface area (Å²) >= 11 is 0. The molecule has 6 nitrogen and oxygen atoms in total. The van der Waals surface area contributed by atoms with Gasteiger partial charge in [0.15, 0.2) is 0 Å². The first-order valence-electron chi connectivity index (χ1n) is 6.80. The molecular weight excluding hydrogens is 324 g/mol. The van der Waals surface area contributed by atoms with Crippen LogP contribution in [-0.2, 0) is 20.4 Å². The van der Waals surface area contributed by atoms with Gasteiger partial charge in [0.25, 0.3) is 0 Å². The fourth-order valence-electron chi connectivity index (χ4n) is 2.26. The van der Waals surface area contributed by atoms with Crippen LogP contribution >= 0.6 is 10.8 Å². The van der Waals surface area contributed by atoms with Crippen molar-refractivity contribution in [2.24, 2.45) is 0 Å². The number of para-hydroxylation sites is 1. The standard InChI is InChI=1S/C14H18N2O4S2/c1-10(16-14(17)6-7-21-22(18,19)20)8-11-9-15-13-5-3-2-4-12(11)13/h2-5,9-10,15H,6-8H2,1H3,(H,16,17)(H,18,19,20)/p-1. The highest BCUT2D eigenvalue weighted by molar-refractivity contribution is 8.69. The van der Waals surface area contributed by atoms with E-state index >= 15 is 0 Å². The molecule has 0 bridgehead atoms. The Kier molecular flexibility index (Phi) is 5.49. The van der Waals surface area contributed by atoms with Crippen molar-refractivity contribution >= 4 is 36.8 Å². The van der Waals surface area contributed by atoms with Crippen LogP contribution < -0.4 is 5.32 Å². The van der Waals surface area contributed by atoms with E-state index in [9.17, 15) is 17.8 Å². The number of fused-ring (bicyclic) bond motifs is 1. The van der Waals surface area contributed by atoms with Gasteiger partial charge < -0.3 is 14.9 Å². The van der Waals surface area contributed by atoms with E-state index in [-0.39, 0.29) is 34.9 Å². The monoisotopic (exact) mass is 341 g/mol. The average Bonchev–Trinajstić information content (AvgIpc) is 2.80. The maximum atomic E-state index is 11.7. The van der Waals surface area contributed by atoms with Crippen LogP contribution in [0.5, 0.6) is 0 Å². The van der Waals surface area contributed by atoms with E-state index in [1.165, 1.54) is 0 Å². The minimum Gasteiger partial charge on any atom is -0.739 e. The molecule has 0 fully saturated rings. The molecular formula is C14H17N2O4S2-. The molecule has 0 radical (unpaired) electrons. The number of aromatic nitrogens is 1. The summed E-state index contributed by atoms with van der Waals surface area (Å²) in [5, 5.41) is 3.93. The molecule has 120 valence electrons. The van der Waals surface area contributed by atoms with E-state index in [0.717, 1.165) is 16.5 Å². The number of carbonyl (C=O) groups excluding carboxylic acids is 1. The fourth-order valence-corrected chi connectivity index (χ4v) is 3.60. The summed E-state index contributed by atoms with van der Waals surface area (Å²) < 4.78 is 31.3. The summed E-state index contributed by atoms with van der Waals surface area (Å²) in [7, 11) is -4.08. The lowest BCUT2D eigenvalue weighted by molar-refractivity contribution is -0.121. The lowest BCUT2D eigenvalue weighted by Crippen LogP contribution is -2.34. The zero-order valence-corrected chi connectivity index (χ0v) is 13.7. The smallest absolute Gasteiger partial charge is 0.221 e. The normalized spacial score (nSPS) is 13.2. The predicted molar refractivity (Wildman–Crippen MR) is 86.4 cm³/mol. The van der Waals surface area contributed by atoms with Crippen molar-refractivity contribution in [2.75, 3.05) is 5.75 Å². The molecule has 1 unspecified atom stereocenters. The van der Waals surface area contributed by atoms with Crippen molar-refractivity contribution < 1.29 is 17.8 Å². The first kappa shape index (κ1) is 16.9. The van der Waals surface area contributed by atoms with Crippen LogP contribution in [0.15, 0.2) is 30.5 Å². The summed E-state index contributed by atoms with van der Waals surface area (Å²) in [5.41, 5.74) is 2.16. The molecule has 1 aromatic carbocycles. The number of hydrogen-bond acceptors (Lipinski definition) is 5. The van der Waals surface area contributed by atoms with Gasteiger partial charge in [-0.3, -0.25) is 4.79 Å². The van der Waals surface area contributed by atoms with Crippen LogP contribution in [0.2, 0.25) is 0 Å². The molecule has 1 heterocycles. The molecule has 1 atom stereocenters. The Labute approximate surface area is 132 Å². The summed E-state index contributed by atoms with van der Waals surface area (Å²) in [5.74, 6) is -0.291. The van der Waals surface area contributed by atoms with Crippen molar-refractivity contribution in [1.82, 2.24) is 10.3 Å². The van der Waals surface area contributed by atoms with E-state index < -0.39 is 9.15 Å².